The van der Waals surface area contributed by atoms with Gasteiger partial charge in [0.15, 0.2) is 0 Å². The first-order chi connectivity index (χ1) is 14.2. The van der Waals surface area contributed by atoms with E-state index in [4.69, 9.17) is 14.0 Å². The zero-order valence-electron chi connectivity index (χ0n) is 19.8. The molecule has 1 spiro atoms. The number of hydrogen-bond donors (Lipinski definition) is 0. The minimum Gasteiger partial charge on any atom is -0.444 e. The molecule has 1 aromatic rings. The van der Waals surface area contributed by atoms with Crippen LogP contribution in [0.1, 0.15) is 54.0 Å². The Morgan fingerprint density at radius 1 is 1.10 bits per heavy atom. The predicted octanol–water partition coefficient (Wildman–Crippen LogP) is 3.18. The molecule has 31 heavy (non-hydrogen) atoms. The highest BCUT2D eigenvalue weighted by Crippen LogP contribution is 2.41. The lowest BCUT2D eigenvalue weighted by molar-refractivity contribution is -0.115. The van der Waals surface area contributed by atoms with E-state index in [0.717, 1.165) is 31.7 Å². The molecule has 0 saturated carbocycles. The van der Waals surface area contributed by atoms with Gasteiger partial charge in [-0.1, -0.05) is 12.1 Å². The van der Waals surface area contributed by atoms with Gasteiger partial charge in [0.1, 0.15) is 11.4 Å². The van der Waals surface area contributed by atoms with Crippen LogP contribution < -0.4 is 5.46 Å². The lowest BCUT2D eigenvalue weighted by Crippen LogP contribution is -2.72. The van der Waals surface area contributed by atoms with E-state index in [1.54, 1.807) is 17.0 Å². The predicted molar refractivity (Wildman–Crippen MR) is 118 cm³/mol. The molecule has 3 fully saturated rings. The Morgan fingerprint density at radius 2 is 1.68 bits per heavy atom. The summed E-state index contributed by atoms with van der Waals surface area (Å²) < 4.78 is 32.2. The van der Waals surface area contributed by atoms with Crippen LogP contribution in [-0.2, 0) is 20.6 Å². The number of rotatable bonds is 3. The van der Waals surface area contributed by atoms with Crippen molar-refractivity contribution in [2.24, 2.45) is 5.41 Å². The molecule has 0 atom stereocenters. The third kappa shape index (κ3) is 4.34. The van der Waals surface area contributed by atoms with Crippen LogP contribution in [0.5, 0.6) is 0 Å². The second kappa shape index (κ2) is 7.19. The fourth-order valence-corrected chi connectivity index (χ4v) is 4.52. The molecule has 0 radical (unpaired) electrons. The summed E-state index contributed by atoms with van der Waals surface area (Å²) in [5.74, 6) is -0.300. The van der Waals surface area contributed by atoms with Crippen molar-refractivity contribution < 1.29 is 23.2 Å². The van der Waals surface area contributed by atoms with Crippen LogP contribution in [0.25, 0.3) is 0 Å². The first kappa shape index (κ1) is 22.6. The van der Waals surface area contributed by atoms with Gasteiger partial charge in [0.25, 0.3) is 0 Å². The highest BCUT2D eigenvalue weighted by Gasteiger charge is 2.54. The van der Waals surface area contributed by atoms with Crippen LogP contribution in [0.4, 0.5) is 9.18 Å². The molecule has 3 saturated heterocycles. The Balaban J connectivity index is 1.29. The Morgan fingerprint density at radius 3 is 2.19 bits per heavy atom. The van der Waals surface area contributed by atoms with Gasteiger partial charge in [-0.2, -0.15) is 0 Å². The van der Waals surface area contributed by atoms with Gasteiger partial charge in [-0.05, 0) is 60.1 Å². The molecule has 0 aromatic heterocycles. The standard InChI is InChI=1S/C23H34BFN2O4/c1-20(2,3)29-19(28)27-14-23(15-27)12-26(13-23)11-16-8-9-17(18(25)10-16)24-30-21(4,5)22(6,7)31-24/h8-10H,11-15H2,1-7H3. The topological polar surface area (TPSA) is 51.2 Å². The van der Waals surface area contributed by atoms with Crippen molar-refractivity contribution in [2.75, 3.05) is 26.2 Å². The van der Waals surface area contributed by atoms with Crippen molar-refractivity contribution >= 4 is 18.7 Å². The molecule has 0 unspecified atom stereocenters. The second-order valence-corrected chi connectivity index (χ2v) is 11.4. The maximum Gasteiger partial charge on any atom is 0.497 e. The second-order valence-electron chi connectivity index (χ2n) is 11.4. The molecule has 1 amide bonds. The molecule has 1 aromatic carbocycles. The monoisotopic (exact) mass is 432 g/mol. The Hall–Kier alpha value is -1.64. The number of carbonyl (C=O) groups excluding carboxylic acids is 1. The molecule has 3 aliphatic rings. The van der Waals surface area contributed by atoms with E-state index in [0.29, 0.717) is 12.0 Å². The Bertz CT molecular complexity index is 853. The number of hydrogen-bond acceptors (Lipinski definition) is 5. The lowest BCUT2D eigenvalue weighted by Gasteiger charge is -2.60. The van der Waals surface area contributed by atoms with E-state index < -0.39 is 23.9 Å². The summed E-state index contributed by atoms with van der Waals surface area (Å²) in [5.41, 5.74) is 0.0698. The summed E-state index contributed by atoms with van der Waals surface area (Å²) in [6.45, 7) is 17.4. The number of benzene rings is 1. The summed E-state index contributed by atoms with van der Waals surface area (Å²) in [5, 5.41) is 0. The van der Waals surface area contributed by atoms with E-state index in [2.05, 4.69) is 4.90 Å². The fourth-order valence-electron chi connectivity index (χ4n) is 4.52. The average molecular weight is 432 g/mol. The van der Waals surface area contributed by atoms with Crippen LogP contribution in [0, 0.1) is 11.2 Å². The van der Waals surface area contributed by atoms with E-state index in [1.807, 2.05) is 54.5 Å². The lowest BCUT2D eigenvalue weighted by atomic mass is 9.73. The van der Waals surface area contributed by atoms with Gasteiger partial charge in [0.2, 0.25) is 0 Å². The summed E-state index contributed by atoms with van der Waals surface area (Å²) in [4.78, 5) is 16.2. The molecule has 0 bridgehead atoms. The van der Waals surface area contributed by atoms with Gasteiger partial charge < -0.3 is 18.9 Å². The number of nitrogens with zero attached hydrogens (tertiary/aromatic N) is 2. The van der Waals surface area contributed by atoms with Crippen molar-refractivity contribution in [1.82, 2.24) is 9.80 Å². The highest BCUT2D eigenvalue weighted by molar-refractivity contribution is 6.62. The molecular formula is C23H34BFN2O4. The molecule has 3 aliphatic heterocycles. The first-order valence-electron chi connectivity index (χ1n) is 11.0. The molecule has 0 aliphatic carbocycles. The first-order valence-corrected chi connectivity index (χ1v) is 11.0. The average Bonchev–Trinajstić information content (AvgIpc) is 2.74. The van der Waals surface area contributed by atoms with Crippen LogP contribution in [0.15, 0.2) is 18.2 Å². The number of halogens is 1. The van der Waals surface area contributed by atoms with Gasteiger partial charge >= 0.3 is 13.2 Å². The molecule has 3 heterocycles. The smallest absolute Gasteiger partial charge is 0.444 e. The Kier molecular flexibility index (Phi) is 5.23. The number of carbonyl (C=O) groups is 1. The van der Waals surface area contributed by atoms with E-state index in [-0.39, 0.29) is 17.3 Å². The summed E-state index contributed by atoms with van der Waals surface area (Å²) in [6.07, 6.45) is -0.239. The molecule has 0 N–H and O–H groups in total. The number of amides is 1. The van der Waals surface area contributed by atoms with Gasteiger partial charge in [0.05, 0.1) is 11.2 Å². The molecule has 4 rings (SSSR count). The number of likely N-dealkylation sites (tertiary alicyclic amines) is 2. The zero-order valence-corrected chi connectivity index (χ0v) is 19.8. The maximum absolute atomic E-state index is 14.8. The summed E-state index contributed by atoms with van der Waals surface area (Å²) >= 11 is 0. The third-order valence-electron chi connectivity index (χ3n) is 6.80. The van der Waals surface area contributed by atoms with Crippen LogP contribution in [0.2, 0.25) is 0 Å². The quantitative estimate of drug-likeness (QED) is 0.687. The molecular weight excluding hydrogens is 398 g/mol. The van der Waals surface area contributed by atoms with Gasteiger partial charge in [-0.15, -0.1) is 0 Å². The number of ether oxygens (including phenoxy) is 1. The highest BCUT2D eigenvalue weighted by atomic mass is 19.1. The van der Waals surface area contributed by atoms with Crippen LogP contribution in [-0.4, -0.2) is 66.0 Å². The van der Waals surface area contributed by atoms with Crippen molar-refractivity contribution in [2.45, 2.75) is 71.8 Å². The van der Waals surface area contributed by atoms with Crippen molar-refractivity contribution in [3.8, 4) is 0 Å². The SMILES string of the molecule is CC(C)(C)OC(=O)N1CC2(CN(Cc3ccc(B4OC(C)(C)C(C)(C)O4)c(F)c3)C2)C1. The molecule has 6 nitrogen and oxygen atoms in total. The van der Waals surface area contributed by atoms with Crippen molar-refractivity contribution in [3.63, 3.8) is 0 Å². The van der Waals surface area contributed by atoms with Gasteiger partial charge in [-0.3, -0.25) is 4.90 Å². The summed E-state index contributed by atoms with van der Waals surface area (Å²) in [6, 6.07) is 5.30. The maximum atomic E-state index is 14.8. The van der Waals surface area contributed by atoms with Crippen molar-refractivity contribution in [3.05, 3.63) is 29.6 Å². The van der Waals surface area contributed by atoms with Crippen LogP contribution in [0.3, 0.4) is 0 Å². The van der Waals surface area contributed by atoms with E-state index in [1.165, 1.54) is 0 Å². The summed E-state index contributed by atoms with van der Waals surface area (Å²) in [7, 11) is -0.694. The van der Waals surface area contributed by atoms with E-state index in [9.17, 15) is 9.18 Å². The zero-order chi connectivity index (χ0) is 22.8. The van der Waals surface area contributed by atoms with Crippen LogP contribution >= 0.6 is 0 Å². The normalized spacial score (nSPS) is 24.1. The van der Waals surface area contributed by atoms with Gasteiger partial charge in [-0.25, -0.2) is 9.18 Å². The van der Waals surface area contributed by atoms with Crippen molar-refractivity contribution in [1.29, 1.82) is 0 Å². The molecule has 8 heteroatoms. The minimum absolute atomic E-state index is 0.165. The third-order valence-corrected chi connectivity index (χ3v) is 6.80. The van der Waals surface area contributed by atoms with Gasteiger partial charge in [0, 0.05) is 43.6 Å². The van der Waals surface area contributed by atoms with E-state index >= 15 is 0 Å². The minimum atomic E-state index is -0.694. The fraction of sp³-hybridized carbons (Fsp3) is 0.696. The molecule has 170 valence electrons. The Labute approximate surface area is 185 Å². The largest absolute Gasteiger partial charge is 0.497 e.